The molecule has 6 nitrogen and oxygen atoms in total. The predicted octanol–water partition coefficient (Wildman–Crippen LogP) is 2.55. The Labute approximate surface area is 104 Å². The zero-order valence-corrected chi connectivity index (χ0v) is 10.3. The summed E-state index contributed by atoms with van der Waals surface area (Å²) in [6.07, 6.45) is 1.57. The molecule has 0 saturated heterocycles. The van der Waals surface area contributed by atoms with E-state index < -0.39 is 10.9 Å². The SMILES string of the molecule is Cn1cc(C(=O)OBr)c2cc([N+](=O)[O-])ccc21. The van der Waals surface area contributed by atoms with Gasteiger partial charge in [-0.05, 0) is 6.07 Å². The van der Waals surface area contributed by atoms with Crippen LogP contribution in [0, 0.1) is 10.1 Å². The number of aryl methyl sites for hydroxylation is 1. The smallest absolute Gasteiger partial charge is 0.351 e. The molecule has 17 heavy (non-hydrogen) atoms. The van der Waals surface area contributed by atoms with Crippen LogP contribution in [-0.4, -0.2) is 15.5 Å². The Bertz CT molecular complexity index is 620. The Morgan fingerprint density at radius 2 is 2.24 bits per heavy atom. The molecule has 0 N–H and O–H groups in total. The number of halogens is 1. The Balaban J connectivity index is 2.73. The molecule has 0 fully saturated rings. The van der Waals surface area contributed by atoms with Crippen LogP contribution in [0.15, 0.2) is 24.4 Å². The van der Waals surface area contributed by atoms with E-state index in [1.54, 1.807) is 23.9 Å². The molecule has 2 aromatic rings. The predicted molar refractivity (Wildman–Crippen MR) is 63.9 cm³/mol. The highest BCUT2D eigenvalue weighted by atomic mass is 79.9. The molecule has 0 aliphatic carbocycles. The van der Waals surface area contributed by atoms with Crippen molar-refractivity contribution in [1.82, 2.24) is 4.57 Å². The third kappa shape index (κ3) is 1.89. The number of aromatic nitrogens is 1. The van der Waals surface area contributed by atoms with Crippen LogP contribution < -0.4 is 0 Å². The first-order valence-corrected chi connectivity index (χ1v) is 5.25. The Morgan fingerprint density at radius 3 is 2.82 bits per heavy atom. The van der Waals surface area contributed by atoms with Crippen LogP contribution in [0.3, 0.4) is 0 Å². The van der Waals surface area contributed by atoms with E-state index in [9.17, 15) is 14.9 Å². The van der Waals surface area contributed by atoms with Crippen molar-refractivity contribution < 1.29 is 13.5 Å². The fourth-order valence-electron chi connectivity index (χ4n) is 1.70. The second-order valence-electron chi connectivity index (χ2n) is 3.48. The molecule has 0 amide bonds. The van der Waals surface area contributed by atoms with Gasteiger partial charge in [-0.1, -0.05) is 0 Å². The first-order chi connectivity index (χ1) is 8.04. The molecule has 0 atom stereocenters. The van der Waals surface area contributed by atoms with Gasteiger partial charge in [0.15, 0.2) is 16.3 Å². The summed E-state index contributed by atoms with van der Waals surface area (Å²) in [4.78, 5) is 21.6. The van der Waals surface area contributed by atoms with Gasteiger partial charge in [0.2, 0.25) is 0 Å². The molecular weight excluding hydrogens is 292 g/mol. The summed E-state index contributed by atoms with van der Waals surface area (Å²) >= 11 is 2.60. The molecule has 2 rings (SSSR count). The van der Waals surface area contributed by atoms with Crippen LogP contribution in [0.5, 0.6) is 0 Å². The van der Waals surface area contributed by atoms with Gasteiger partial charge in [0.05, 0.1) is 10.5 Å². The summed E-state index contributed by atoms with van der Waals surface area (Å²) in [5, 5.41) is 11.2. The van der Waals surface area contributed by atoms with E-state index in [0.29, 0.717) is 5.39 Å². The monoisotopic (exact) mass is 298 g/mol. The largest absolute Gasteiger partial charge is 0.380 e. The topological polar surface area (TPSA) is 74.4 Å². The minimum Gasteiger partial charge on any atom is -0.380 e. The van der Waals surface area contributed by atoms with Gasteiger partial charge >= 0.3 is 5.97 Å². The molecule has 0 radical (unpaired) electrons. The van der Waals surface area contributed by atoms with Gasteiger partial charge in [-0.2, -0.15) is 0 Å². The number of non-ortho nitro benzene ring substituents is 1. The van der Waals surface area contributed by atoms with Gasteiger partial charge in [-0.15, -0.1) is 0 Å². The van der Waals surface area contributed by atoms with Crippen molar-refractivity contribution in [1.29, 1.82) is 0 Å². The van der Waals surface area contributed by atoms with Crippen molar-refractivity contribution in [3.05, 3.63) is 40.1 Å². The van der Waals surface area contributed by atoms with Gasteiger partial charge < -0.3 is 8.40 Å². The second-order valence-corrected chi connectivity index (χ2v) is 3.80. The molecule has 1 aromatic carbocycles. The number of hydrogen-bond acceptors (Lipinski definition) is 4. The summed E-state index contributed by atoms with van der Waals surface area (Å²) in [5.41, 5.74) is 0.943. The van der Waals surface area contributed by atoms with E-state index in [1.165, 1.54) is 12.1 Å². The van der Waals surface area contributed by atoms with Crippen LogP contribution in [0.1, 0.15) is 10.4 Å². The second kappa shape index (κ2) is 4.17. The van der Waals surface area contributed by atoms with Gasteiger partial charge in [0, 0.05) is 36.3 Å². The van der Waals surface area contributed by atoms with E-state index in [1.807, 2.05) is 0 Å². The van der Waals surface area contributed by atoms with E-state index >= 15 is 0 Å². The van der Waals surface area contributed by atoms with Gasteiger partial charge in [0.1, 0.15) is 0 Å². The summed E-state index contributed by atoms with van der Waals surface area (Å²) in [7, 11) is 1.75. The summed E-state index contributed by atoms with van der Waals surface area (Å²) in [6, 6.07) is 4.35. The highest BCUT2D eigenvalue weighted by Crippen LogP contribution is 2.26. The van der Waals surface area contributed by atoms with Crippen LogP contribution in [-0.2, 0) is 10.9 Å². The zero-order valence-electron chi connectivity index (χ0n) is 8.71. The van der Waals surface area contributed by atoms with Crippen LogP contribution in [0.2, 0.25) is 0 Å². The maximum atomic E-state index is 11.5. The Morgan fingerprint density at radius 1 is 1.53 bits per heavy atom. The molecule has 0 aliphatic rings. The minimum atomic E-state index is -0.587. The van der Waals surface area contributed by atoms with Crippen LogP contribution in [0.4, 0.5) is 5.69 Å². The fraction of sp³-hybridized carbons (Fsp3) is 0.100. The quantitative estimate of drug-likeness (QED) is 0.631. The summed E-state index contributed by atoms with van der Waals surface area (Å²) in [6.45, 7) is 0. The summed E-state index contributed by atoms with van der Waals surface area (Å²) in [5.74, 6) is -0.587. The number of benzene rings is 1. The number of carbonyl (C=O) groups is 1. The van der Waals surface area contributed by atoms with Crippen molar-refractivity contribution >= 4 is 38.8 Å². The third-order valence-corrected chi connectivity index (χ3v) is 2.77. The molecule has 0 unspecified atom stereocenters. The van der Waals surface area contributed by atoms with Crippen LogP contribution in [0.25, 0.3) is 10.9 Å². The Hall–Kier alpha value is -1.89. The summed E-state index contributed by atoms with van der Waals surface area (Å²) < 4.78 is 6.16. The van der Waals surface area contributed by atoms with Gasteiger partial charge in [-0.25, -0.2) is 4.79 Å². The zero-order chi connectivity index (χ0) is 12.6. The fourth-order valence-corrected chi connectivity index (χ4v) is 1.87. The molecule has 7 heteroatoms. The van der Waals surface area contributed by atoms with Crippen molar-refractivity contribution in [3.8, 4) is 0 Å². The molecular formula is C10H7BrN2O4. The van der Waals surface area contributed by atoms with E-state index in [4.69, 9.17) is 0 Å². The average Bonchev–Trinajstić information content (AvgIpc) is 2.65. The number of nitro groups is 1. The van der Waals surface area contributed by atoms with Crippen LogP contribution >= 0.6 is 16.3 Å². The number of fused-ring (bicyclic) bond motifs is 1. The molecule has 0 aliphatic heterocycles. The lowest BCUT2D eigenvalue weighted by Gasteiger charge is -1.96. The van der Waals surface area contributed by atoms with Crippen molar-refractivity contribution in [3.63, 3.8) is 0 Å². The normalized spacial score (nSPS) is 10.5. The first-order valence-electron chi connectivity index (χ1n) is 4.61. The molecule has 0 spiro atoms. The van der Waals surface area contributed by atoms with E-state index in [2.05, 4.69) is 20.1 Å². The molecule has 1 heterocycles. The lowest BCUT2D eigenvalue weighted by atomic mass is 10.1. The molecule has 0 bridgehead atoms. The average molecular weight is 299 g/mol. The standard InChI is InChI=1S/C10H7BrN2O4/c1-12-5-8(10(14)17-11)7-4-6(13(15)16)2-3-9(7)12/h2-5H,1H3. The number of hydrogen-bond donors (Lipinski definition) is 0. The number of carbonyl (C=O) groups excluding carboxylic acids is 1. The molecule has 0 saturated carbocycles. The number of rotatable bonds is 2. The molecule has 1 aromatic heterocycles. The van der Waals surface area contributed by atoms with Gasteiger partial charge in [0.25, 0.3) is 5.69 Å². The first kappa shape index (κ1) is 11.6. The lowest BCUT2D eigenvalue weighted by molar-refractivity contribution is -0.384. The number of nitro benzene ring substituents is 1. The van der Waals surface area contributed by atoms with Gasteiger partial charge in [-0.3, -0.25) is 10.1 Å². The van der Waals surface area contributed by atoms with Crippen molar-refractivity contribution in [2.75, 3.05) is 0 Å². The van der Waals surface area contributed by atoms with Crippen molar-refractivity contribution in [2.24, 2.45) is 7.05 Å². The molecule has 88 valence electrons. The maximum Gasteiger partial charge on any atom is 0.351 e. The Kier molecular flexibility index (Phi) is 2.84. The van der Waals surface area contributed by atoms with E-state index in [-0.39, 0.29) is 11.3 Å². The lowest BCUT2D eigenvalue weighted by Crippen LogP contribution is -1.96. The number of nitrogens with zero attached hydrogens (tertiary/aromatic N) is 2. The van der Waals surface area contributed by atoms with E-state index in [0.717, 1.165) is 5.52 Å². The highest BCUT2D eigenvalue weighted by Gasteiger charge is 2.17. The third-order valence-electron chi connectivity index (χ3n) is 2.47. The minimum absolute atomic E-state index is 0.0627. The highest BCUT2D eigenvalue weighted by molar-refractivity contribution is 9.06. The van der Waals surface area contributed by atoms with Crippen molar-refractivity contribution in [2.45, 2.75) is 0 Å². The maximum absolute atomic E-state index is 11.5.